The zero-order valence-corrected chi connectivity index (χ0v) is 18.4. The van der Waals surface area contributed by atoms with E-state index in [4.69, 9.17) is 16.3 Å². The zero-order chi connectivity index (χ0) is 20.9. The fraction of sp³-hybridized carbons (Fsp3) is 0.227. The number of anilines is 1. The van der Waals surface area contributed by atoms with Crippen molar-refractivity contribution in [2.24, 2.45) is 5.92 Å². The summed E-state index contributed by atoms with van der Waals surface area (Å²) in [7, 11) is -1.46. The third kappa shape index (κ3) is 5.09. The van der Waals surface area contributed by atoms with Gasteiger partial charge in [-0.15, -0.1) is 11.3 Å². The van der Waals surface area contributed by atoms with E-state index in [9.17, 15) is 8.60 Å². The lowest BCUT2D eigenvalue weighted by Crippen LogP contribution is -2.17. The van der Waals surface area contributed by atoms with Gasteiger partial charge in [-0.25, -0.2) is 13.6 Å². The summed E-state index contributed by atoms with van der Waals surface area (Å²) in [6.07, 6.45) is 5.31. The number of ether oxygens (including phenoxy) is 1. The van der Waals surface area contributed by atoms with Gasteiger partial charge in [-0.1, -0.05) is 29.8 Å². The molecule has 1 aliphatic rings. The monoisotopic (exact) mass is 462 g/mol. The molecule has 1 aromatic heterocycles. The number of thiazole rings is 1. The van der Waals surface area contributed by atoms with Crippen molar-refractivity contribution in [3.8, 4) is 5.75 Å². The van der Waals surface area contributed by atoms with Crippen molar-refractivity contribution in [1.29, 1.82) is 0 Å². The maximum absolute atomic E-state index is 13.3. The Hall–Kier alpha value is -2.22. The molecule has 4 nitrogen and oxygen atoms in total. The Kier molecular flexibility index (Phi) is 6.82. The van der Waals surface area contributed by atoms with Crippen LogP contribution in [0, 0.1) is 11.7 Å². The molecule has 2 aromatic carbocycles. The second-order valence-electron chi connectivity index (χ2n) is 6.94. The van der Waals surface area contributed by atoms with Crippen LogP contribution in [0.4, 0.5) is 10.2 Å². The van der Waals surface area contributed by atoms with Gasteiger partial charge in [-0.3, -0.25) is 4.72 Å². The minimum Gasteiger partial charge on any atom is -0.491 e. The topological polar surface area (TPSA) is 51.2 Å². The van der Waals surface area contributed by atoms with Gasteiger partial charge in [0.2, 0.25) is 0 Å². The van der Waals surface area contributed by atoms with Gasteiger partial charge in [0, 0.05) is 11.3 Å². The van der Waals surface area contributed by atoms with Gasteiger partial charge in [-0.05, 0) is 60.7 Å². The average Bonchev–Trinajstić information content (AvgIpc) is 3.27. The first-order valence-electron chi connectivity index (χ1n) is 9.55. The molecule has 2 atom stereocenters. The van der Waals surface area contributed by atoms with Gasteiger partial charge >= 0.3 is 0 Å². The molecule has 0 aliphatic heterocycles. The molecule has 1 aliphatic carbocycles. The molecule has 4 rings (SSSR count). The van der Waals surface area contributed by atoms with Crippen LogP contribution in [0.3, 0.4) is 0 Å². The summed E-state index contributed by atoms with van der Waals surface area (Å²) < 4.78 is 34.6. The van der Waals surface area contributed by atoms with Crippen LogP contribution < -0.4 is 9.46 Å². The Morgan fingerprint density at radius 3 is 2.83 bits per heavy atom. The lowest BCUT2D eigenvalue weighted by molar-refractivity contribution is 0.268. The first-order chi connectivity index (χ1) is 14.6. The molecule has 1 N–H and O–H groups in total. The van der Waals surface area contributed by atoms with Gasteiger partial charge in [0.05, 0.1) is 22.0 Å². The summed E-state index contributed by atoms with van der Waals surface area (Å²) in [5, 5.41) is 2.19. The molecule has 0 fully saturated rings. The molecular formula is C22H20ClFN2O2S2. The van der Waals surface area contributed by atoms with Crippen molar-refractivity contribution < 1.29 is 13.3 Å². The molecule has 3 aromatic rings. The Balaban J connectivity index is 1.42. The molecule has 0 amide bonds. The molecular weight excluding hydrogens is 443 g/mol. The fourth-order valence-corrected chi connectivity index (χ4v) is 5.13. The Morgan fingerprint density at radius 1 is 1.27 bits per heavy atom. The van der Waals surface area contributed by atoms with Crippen LogP contribution in [-0.2, 0) is 11.0 Å². The fourth-order valence-electron chi connectivity index (χ4n) is 3.43. The quantitative estimate of drug-likeness (QED) is 0.446. The first-order valence-corrected chi connectivity index (χ1v) is 12.0. The van der Waals surface area contributed by atoms with Crippen LogP contribution in [0.15, 0.2) is 64.3 Å². The van der Waals surface area contributed by atoms with Crippen molar-refractivity contribution in [1.82, 2.24) is 4.98 Å². The van der Waals surface area contributed by atoms with E-state index >= 15 is 0 Å². The lowest BCUT2D eigenvalue weighted by atomic mass is 9.84. The van der Waals surface area contributed by atoms with Crippen LogP contribution in [-0.4, -0.2) is 15.8 Å². The minimum absolute atomic E-state index is 0.209. The van der Waals surface area contributed by atoms with Crippen LogP contribution in [0.5, 0.6) is 5.75 Å². The highest BCUT2D eigenvalue weighted by molar-refractivity contribution is 7.86. The van der Waals surface area contributed by atoms with E-state index in [1.807, 2.05) is 12.1 Å². The molecule has 0 radical (unpaired) electrons. The third-order valence-electron chi connectivity index (χ3n) is 4.93. The zero-order valence-electron chi connectivity index (χ0n) is 16.0. The highest BCUT2D eigenvalue weighted by Crippen LogP contribution is 2.34. The van der Waals surface area contributed by atoms with Gasteiger partial charge in [0.1, 0.15) is 17.4 Å². The van der Waals surface area contributed by atoms with Crippen LogP contribution in [0.1, 0.15) is 24.8 Å². The van der Waals surface area contributed by atoms with Gasteiger partial charge < -0.3 is 4.74 Å². The van der Waals surface area contributed by atoms with E-state index < -0.39 is 11.0 Å². The summed E-state index contributed by atoms with van der Waals surface area (Å²) in [6.45, 7) is 0.475. The van der Waals surface area contributed by atoms with Crippen molar-refractivity contribution >= 4 is 45.3 Å². The summed E-state index contributed by atoms with van der Waals surface area (Å²) in [5.41, 5.74) is 3.88. The Bertz CT molecular complexity index is 1060. The second-order valence-corrected chi connectivity index (χ2v) is 9.28. The number of aromatic nitrogens is 1. The van der Waals surface area contributed by atoms with E-state index in [-0.39, 0.29) is 11.7 Å². The van der Waals surface area contributed by atoms with Crippen molar-refractivity contribution in [3.05, 3.63) is 75.8 Å². The van der Waals surface area contributed by atoms with Crippen LogP contribution in [0.2, 0.25) is 5.02 Å². The van der Waals surface area contributed by atoms with E-state index in [1.165, 1.54) is 29.0 Å². The summed E-state index contributed by atoms with van der Waals surface area (Å²) in [4.78, 5) is 4.62. The van der Waals surface area contributed by atoms with Gasteiger partial charge in [0.15, 0.2) is 11.0 Å². The summed E-state index contributed by atoms with van der Waals surface area (Å²) in [5.74, 6) is 1.08. The van der Waals surface area contributed by atoms with Crippen molar-refractivity contribution in [2.45, 2.75) is 24.2 Å². The largest absolute Gasteiger partial charge is 0.491 e. The number of hydrogen-bond acceptors (Lipinski definition) is 4. The van der Waals surface area contributed by atoms with Gasteiger partial charge in [0.25, 0.3) is 0 Å². The normalized spacial score (nSPS) is 17.3. The molecule has 1 heterocycles. The van der Waals surface area contributed by atoms with E-state index in [0.717, 1.165) is 24.8 Å². The van der Waals surface area contributed by atoms with Crippen molar-refractivity contribution in [2.75, 3.05) is 11.3 Å². The highest BCUT2D eigenvalue weighted by atomic mass is 35.5. The predicted octanol–water partition coefficient (Wildman–Crippen LogP) is 6.33. The summed E-state index contributed by atoms with van der Waals surface area (Å²) >= 11 is 7.81. The maximum Gasteiger partial charge on any atom is 0.151 e. The van der Waals surface area contributed by atoms with E-state index in [0.29, 0.717) is 28.1 Å². The molecule has 8 heteroatoms. The second kappa shape index (κ2) is 9.73. The molecule has 0 saturated heterocycles. The Morgan fingerprint density at radius 2 is 2.10 bits per heavy atom. The highest BCUT2D eigenvalue weighted by Gasteiger charge is 2.21. The van der Waals surface area contributed by atoms with Gasteiger partial charge in [-0.2, -0.15) is 0 Å². The number of nitrogens with one attached hydrogen (secondary N) is 1. The third-order valence-corrected chi connectivity index (χ3v) is 6.88. The standard InChI is InChI=1S/C22H20ClFN2O2S2/c23-20-11-18(30(27)26-22-13-29-14-25-22)9-10-21(20)28-12-16-3-1-2-4-19(16)15-5-7-17(24)8-6-15/h4-11,13-14,16,26H,1-3,12H2. The van der Waals surface area contributed by atoms with Crippen molar-refractivity contribution in [3.63, 3.8) is 0 Å². The lowest BCUT2D eigenvalue weighted by Gasteiger charge is -2.25. The number of halogens is 2. The smallest absolute Gasteiger partial charge is 0.151 e. The molecule has 0 saturated carbocycles. The number of hydrogen-bond donors (Lipinski definition) is 1. The molecule has 0 bridgehead atoms. The predicted molar refractivity (Wildman–Crippen MR) is 121 cm³/mol. The van der Waals surface area contributed by atoms with Crippen LogP contribution in [0.25, 0.3) is 5.57 Å². The Labute approximate surface area is 186 Å². The number of allylic oxidation sites excluding steroid dienone is 1. The molecule has 2 unspecified atom stereocenters. The minimum atomic E-state index is -1.46. The molecule has 30 heavy (non-hydrogen) atoms. The number of benzene rings is 2. The first kappa shape index (κ1) is 21.0. The summed E-state index contributed by atoms with van der Waals surface area (Å²) in [6, 6.07) is 11.7. The number of rotatable bonds is 7. The average molecular weight is 463 g/mol. The molecule has 156 valence electrons. The number of nitrogens with zero attached hydrogens (tertiary/aromatic N) is 1. The molecule has 0 spiro atoms. The van der Waals surface area contributed by atoms with Crippen LogP contribution >= 0.6 is 22.9 Å². The van der Waals surface area contributed by atoms with E-state index in [2.05, 4.69) is 15.8 Å². The SMILES string of the molecule is O=S(Nc1cscn1)c1ccc(OCC2CCCC=C2c2ccc(F)cc2)c(Cl)c1. The van der Waals surface area contributed by atoms with E-state index in [1.54, 1.807) is 29.1 Å². The maximum atomic E-state index is 13.3.